The molecule has 2 rings (SSSR count). The molecule has 0 saturated carbocycles. The maximum absolute atomic E-state index is 12.5. The molecule has 6 heteroatoms. The fraction of sp³-hybridized carbons (Fsp3) is 0.556. The number of carbonyl (C=O) groups excluding carboxylic acids is 2. The summed E-state index contributed by atoms with van der Waals surface area (Å²) >= 11 is 0. The molecular weight excluding hydrogens is 306 g/mol. The number of hydrogen-bond donors (Lipinski definition) is 2. The second kappa shape index (κ2) is 9.27. The fourth-order valence-corrected chi connectivity index (χ4v) is 2.92. The van der Waals surface area contributed by atoms with Crippen molar-refractivity contribution in [1.29, 1.82) is 0 Å². The maximum atomic E-state index is 12.5. The molecule has 0 aromatic heterocycles. The lowest BCUT2D eigenvalue weighted by Gasteiger charge is -2.27. The zero-order valence-corrected chi connectivity index (χ0v) is 14.3. The van der Waals surface area contributed by atoms with Crippen LogP contribution in [0.4, 0.5) is 10.5 Å². The van der Waals surface area contributed by atoms with Crippen LogP contribution < -0.4 is 5.32 Å². The highest BCUT2D eigenvalue weighted by molar-refractivity contribution is 5.97. The number of rotatable bonds is 6. The van der Waals surface area contributed by atoms with E-state index in [0.717, 1.165) is 32.4 Å². The van der Waals surface area contributed by atoms with E-state index in [2.05, 4.69) is 5.32 Å². The minimum absolute atomic E-state index is 0.0200. The van der Waals surface area contributed by atoms with Crippen molar-refractivity contribution in [3.63, 3.8) is 0 Å². The largest absolute Gasteiger partial charge is 0.395 e. The molecule has 1 fully saturated rings. The summed E-state index contributed by atoms with van der Waals surface area (Å²) in [5.74, 6) is 0.0200. The van der Waals surface area contributed by atoms with Crippen molar-refractivity contribution in [2.24, 2.45) is 0 Å². The number of likely N-dealkylation sites (tertiary alicyclic amines) is 1. The Morgan fingerprint density at radius 2 is 1.96 bits per heavy atom. The predicted molar refractivity (Wildman–Crippen MR) is 94.2 cm³/mol. The van der Waals surface area contributed by atoms with Gasteiger partial charge in [-0.2, -0.15) is 0 Å². The van der Waals surface area contributed by atoms with Crippen molar-refractivity contribution in [1.82, 2.24) is 9.80 Å². The number of anilines is 1. The van der Waals surface area contributed by atoms with Crippen molar-refractivity contribution < 1.29 is 14.7 Å². The Morgan fingerprint density at radius 1 is 1.21 bits per heavy atom. The molecule has 2 N–H and O–H groups in total. The third-order valence-electron chi connectivity index (χ3n) is 4.15. The highest BCUT2D eigenvalue weighted by Crippen LogP contribution is 2.16. The summed E-state index contributed by atoms with van der Waals surface area (Å²) in [4.78, 5) is 28.3. The average molecular weight is 333 g/mol. The summed E-state index contributed by atoms with van der Waals surface area (Å²) in [5, 5.41) is 11.9. The van der Waals surface area contributed by atoms with Crippen molar-refractivity contribution in [3.05, 3.63) is 29.8 Å². The Kier molecular flexibility index (Phi) is 7.06. The smallest absolute Gasteiger partial charge is 0.321 e. The second-order valence-electron chi connectivity index (χ2n) is 6.07. The topological polar surface area (TPSA) is 72.9 Å². The van der Waals surface area contributed by atoms with Gasteiger partial charge in [0.15, 0.2) is 0 Å². The van der Waals surface area contributed by atoms with Crippen LogP contribution in [-0.4, -0.2) is 59.6 Å². The Labute approximate surface area is 143 Å². The Bertz CT molecular complexity index is 550. The van der Waals surface area contributed by atoms with Gasteiger partial charge in [-0.25, -0.2) is 4.79 Å². The molecule has 6 nitrogen and oxygen atoms in total. The fourth-order valence-electron chi connectivity index (χ4n) is 2.92. The molecule has 0 spiro atoms. The summed E-state index contributed by atoms with van der Waals surface area (Å²) in [6, 6.07) is 6.80. The Hall–Kier alpha value is -2.08. The molecule has 1 heterocycles. The number of piperidine rings is 1. The van der Waals surface area contributed by atoms with Crippen LogP contribution in [0.25, 0.3) is 0 Å². The van der Waals surface area contributed by atoms with E-state index in [4.69, 9.17) is 5.11 Å². The summed E-state index contributed by atoms with van der Waals surface area (Å²) < 4.78 is 0. The highest BCUT2D eigenvalue weighted by atomic mass is 16.3. The third-order valence-corrected chi connectivity index (χ3v) is 4.15. The monoisotopic (exact) mass is 333 g/mol. The molecule has 0 radical (unpaired) electrons. The first kappa shape index (κ1) is 18.3. The molecule has 0 atom stereocenters. The van der Waals surface area contributed by atoms with Crippen LogP contribution in [-0.2, 0) is 0 Å². The summed E-state index contributed by atoms with van der Waals surface area (Å²) in [7, 11) is 0. The van der Waals surface area contributed by atoms with Gasteiger partial charge in [0.05, 0.1) is 6.61 Å². The van der Waals surface area contributed by atoms with Gasteiger partial charge in [-0.1, -0.05) is 13.0 Å². The van der Waals surface area contributed by atoms with Gasteiger partial charge in [0.2, 0.25) is 0 Å². The Morgan fingerprint density at radius 3 is 2.62 bits per heavy atom. The molecule has 24 heavy (non-hydrogen) atoms. The van der Waals surface area contributed by atoms with E-state index in [1.165, 1.54) is 6.42 Å². The molecule has 0 bridgehead atoms. The van der Waals surface area contributed by atoms with Gasteiger partial charge in [-0.3, -0.25) is 4.79 Å². The molecule has 1 aromatic rings. The van der Waals surface area contributed by atoms with Crippen molar-refractivity contribution in [3.8, 4) is 0 Å². The van der Waals surface area contributed by atoms with E-state index in [-0.39, 0.29) is 18.5 Å². The molecular formula is C18H27N3O3. The number of aliphatic hydroxyl groups is 1. The third kappa shape index (κ3) is 4.96. The van der Waals surface area contributed by atoms with Gasteiger partial charge in [-0.15, -0.1) is 0 Å². The van der Waals surface area contributed by atoms with Gasteiger partial charge in [0.25, 0.3) is 5.91 Å². The lowest BCUT2D eigenvalue weighted by Crippen LogP contribution is -2.37. The molecule has 0 unspecified atom stereocenters. The van der Waals surface area contributed by atoms with Crippen LogP contribution in [0.1, 0.15) is 43.0 Å². The molecule has 1 aliphatic heterocycles. The van der Waals surface area contributed by atoms with Crippen molar-refractivity contribution >= 4 is 17.6 Å². The van der Waals surface area contributed by atoms with E-state index < -0.39 is 0 Å². The lowest BCUT2D eigenvalue weighted by atomic mass is 10.1. The molecule has 1 aliphatic rings. The number of aliphatic hydroxyl groups excluding tert-OH is 1. The van der Waals surface area contributed by atoms with Crippen LogP contribution in [0, 0.1) is 0 Å². The van der Waals surface area contributed by atoms with Gasteiger partial charge in [0.1, 0.15) is 0 Å². The normalized spacial score (nSPS) is 14.3. The average Bonchev–Trinajstić information content (AvgIpc) is 2.62. The van der Waals surface area contributed by atoms with Gasteiger partial charge >= 0.3 is 6.03 Å². The first-order chi connectivity index (χ1) is 11.7. The zero-order chi connectivity index (χ0) is 17.4. The second-order valence-corrected chi connectivity index (χ2v) is 6.07. The number of nitrogens with zero attached hydrogens (tertiary/aromatic N) is 2. The minimum Gasteiger partial charge on any atom is -0.395 e. The number of carbonyl (C=O) groups is 2. The molecule has 3 amide bonds. The number of urea groups is 1. The van der Waals surface area contributed by atoms with Crippen LogP contribution in [0.2, 0.25) is 0 Å². The number of nitrogens with one attached hydrogen (secondary N) is 1. The van der Waals surface area contributed by atoms with E-state index in [0.29, 0.717) is 24.3 Å². The van der Waals surface area contributed by atoms with Crippen molar-refractivity contribution in [2.75, 3.05) is 38.1 Å². The maximum Gasteiger partial charge on any atom is 0.321 e. The van der Waals surface area contributed by atoms with E-state index >= 15 is 0 Å². The standard InChI is InChI=1S/C18H27N3O3/c1-2-9-21(12-13-22)18(24)19-16-8-6-7-15(14-16)17(23)20-10-4-3-5-11-20/h6-8,14,22H,2-5,9-13H2,1H3,(H,19,24). The van der Waals surface area contributed by atoms with Crippen LogP contribution in [0.5, 0.6) is 0 Å². The predicted octanol–water partition coefficient (Wildman–Crippen LogP) is 2.55. The molecule has 0 aliphatic carbocycles. The van der Waals surface area contributed by atoms with Crippen molar-refractivity contribution in [2.45, 2.75) is 32.6 Å². The first-order valence-corrected chi connectivity index (χ1v) is 8.72. The molecule has 1 saturated heterocycles. The summed E-state index contributed by atoms with van der Waals surface area (Å²) in [5.41, 5.74) is 1.20. The number of benzene rings is 1. The van der Waals surface area contributed by atoms with Crippen LogP contribution >= 0.6 is 0 Å². The van der Waals surface area contributed by atoms with Crippen LogP contribution in [0.15, 0.2) is 24.3 Å². The Balaban J connectivity index is 2.03. The highest BCUT2D eigenvalue weighted by Gasteiger charge is 2.19. The number of hydrogen-bond acceptors (Lipinski definition) is 3. The lowest BCUT2D eigenvalue weighted by molar-refractivity contribution is 0.0724. The van der Waals surface area contributed by atoms with Gasteiger partial charge in [0, 0.05) is 37.4 Å². The van der Waals surface area contributed by atoms with Gasteiger partial charge < -0.3 is 20.2 Å². The first-order valence-electron chi connectivity index (χ1n) is 8.72. The minimum atomic E-state index is -0.256. The SMILES string of the molecule is CCCN(CCO)C(=O)Nc1cccc(C(=O)N2CCCCC2)c1. The van der Waals surface area contributed by atoms with Gasteiger partial charge in [-0.05, 0) is 43.9 Å². The zero-order valence-electron chi connectivity index (χ0n) is 14.3. The van der Waals surface area contributed by atoms with E-state index in [9.17, 15) is 9.59 Å². The molecule has 132 valence electrons. The van der Waals surface area contributed by atoms with E-state index in [1.807, 2.05) is 11.8 Å². The van der Waals surface area contributed by atoms with E-state index in [1.54, 1.807) is 29.2 Å². The summed E-state index contributed by atoms with van der Waals surface area (Å²) in [6.45, 7) is 4.40. The molecule has 1 aromatic carbocycles. The van der Waals surface area contributed by atoms with Crippen LogP contribution in [0.3, 0.4) is 0 Å². The number of amides is 3. The quantitative estimate of drug-likeness (QED) is 0.840. The summed E-state index contributed by atoms with van der Waals surface area (Å²) in [6.07, 6.45) is 4.10.